The second-order valence-corrected chi connectivity index (χ2v) is 8.43. The van der Waals surface area contributed by atoms with Crippen LogP contribution in [0.3, 0.4) is 0 Å². The lowest BCUT2D eigenvalue weighted by Crippen LogP contribution is -2.25. The molecule has 4 rings (SSSR count). The van der Waals surface area contributed by atoms with Gasteiger partial charge >= 0.3 is 0 Å². The number of aliphatic imine (C=N–C) groups is 1. The Hall–Kier alpha value is -3.06. The summed E-state index contributed by atoms with van der Waals surface area (Å²) in [6, 6.07) is 16.6. The van der Waals surface area contributed by atoms with Gasteiger partial charge in [0.15, 0.2) is 0 Å². The molecule has 0 spiro atoms. The third-order valence-corrected chi connectivity index (χ3v) is 6.35. The van der Waals surface area contributed by atoms with Crippen LogP contribution in [0.1, 0.15) is 37.7 Å². The molecule has 0 amide bonds. The number of aromatic hydroxyl groups is 1. The van der Waals surface area contributed by atoms with Crippen molar-refractivity contribution >= 4 is 33.7 Å². The number of nitrogens with one attached hydrogen (secondary N) is 1. The summed E-state index contributed by atoms with van der Waals surface area (Å²) in [7, 11) is 0. The van der Waals surface area contributed by atoms with Gasteiger partial charge in [0, 0.05) is 18.3 Å². The number of aromatic amines is 1. The Morgan fingerprint density at radius 1 is 1.10 bits per heavy atom. The fraction of sp³-hybridized carbons (Fsp3) is 0.304. The van der Waals surface area contributed by atoms with E-state index in [1.165, 1.54) is 43.6 Å². The molecule has 1 aliphatic rings. The van der Waals surface area contributed by atoms with Crippen LogP contribution in [0.25, 0.3) is 0 Å². The maximum atomic E-state index is 12.7. The van der Waals surface area contributed by atoms with Crippen molar-refractivity contribution in [3.63, 3.8) is 0 Å². The highest BCUT2D eigenvalue weighted by Crippen LogP contribution is 2.38. The lowest BCUT2D eigenvalue weighted by atomic mass is 9.89. The highest BCUT2D eigenvalue weighted by Gasteiger charge is 2.23. The number of rotatable bonds is 6. The summed E-state index contributed by atoms with van der Waals surface area (Å²) in [5.41, 5.74) is 8.07. The number of phenols is 1. The van der Waals surface area contributed by atoms with Crippen molar-refractivity contribution in [3.8, 4) is 5.75 Å². The zero-order chi connectivity index (χ0) is 20.9. The fourth-order valence-electron chi connectivity index (χ4n) is 3.95. The van der Waals surface area contributed by atoms with Crippen LogP contribution in [0.2, 0.25) is 0 Å². The van der Waals surface area contributed by atoms with Crippen LogP contribution in [-0.4, -0.2) is 21.9 Å². The first kappa shape index (κ1) is 20.2. The molecule has 1 heterocycles. The van der Waals surface area contributed by atoms with Gasteiger partial charge in [0.05, 0.1) is 5.69 Å². The summed E-state index contributed by atoms with van der Waals surface area (Å²) in [4.78, 5) is 19.2. The minimum atomic E-state index is -0.249. The van der Waals surface area contributed by atoms with E-state index in [9.17, 15) is 9.90 Å². The quantitative estimate of drug-likeness (QED) is 0.389. The normalized spacial score (nSPS) is 15.3. The topological polar surface area (TPSA) is 94.7 Å². The number of amidine groups is 1. The molecule has 0 saturated heterocycles. The lowest BCUT2D eigenvalue weighted by Gasteiger charge is -2.24. The summed E-state index contributed by atoms with van der Waals surface area (Å²) < 4.78 is 2.81. The minimum Gasteiger partial charge on any atom is -0.508 e. The maximum Gasteiger partial charge on any atom is 0.271 e. The van der Waals surface area contributed by atoms with Crippen LogP contribution in [0.5, 0.6) is 5.75 Å². The van der Waals surface area contributed by atoms with E-state index in [0.717, 1.165) is 11.4 Å². The first-order valence-corrected chi connectivity index (χ1v) is 11.1. The van der Waals surface area contributed by atoms with E-state index in [0.29, 0.717) is 23.0 Å². The molecule has 30 heavy (non-hydrogen) atoms. The van der Waals surface area contributed by atoms with E-state index in [1.54, 1.807) is 18.2 Å². The Balaban J connectivity index is 1.74. The Bertz CT molecular complexity index is 1070. The number of anilines is 3. The molecule has 1 saturated carbocycles. The highest BCUT2D eigenvalue weighted by molar-refractivity contribution is 7.10. The number of phenolic OH excluding ortho intramolecular Hbond substituents is 1. The predicted molar refractivity (Wildman–Crippen MR) is 123 cm³/mol. The van der Waals surface area contributed by atoms with E-state index < -0.39 is 0 Å². The van der Waals surface area contributed by atoms with E-state index in [2.05, 4.69) is 9.37 Å². The first-order valence-electron chi connectivity index (χ1n) is 10.3. The predicted octanol–water partition coefficient (Wildman–Crippen LogP) is 4.90. The summed E-state index contributed by atoms with van der Waals surface area (Å²) in [5, 5.41) is 10.7. The summed E-state index contributed by atoms with van der Waals surface area (Å²) in [6.45, 7) is 0.651. The van der Waals surface area contributed by atoms with Crippen LogP contribution in [0.4, 0.5) is 16.4 Å². The van der Waals surface area contributed by atoms with E-state index in [1.807, 2.05) is 41.3 Å². The van der Waals surface area contributed by atoms with Crippen LogP contribution in [-0.2, 0) is 0 Å². The monoisotopic (exact) mass is 422 g/mol. The van der Waals surface area contributed by atoms with Gasteiger partial charge in [-0.1, -0.05) is 43.5 Å². The smallest absolute Gasteiger partial charge is 0.271 e. The molecule has 3 aromatic rings. The third-order valence-electron chi connectivity index (χ3n) is 5.49. The van der Waals surface area contributed by atoms with Gasteiger partial charge in [-0.05, 0) is 54.6 Å². The molecule has 1 aliphatic carbocycles. The van der Waals surface area contributed by atoms with Crippen LogP contribution < -0.4 is 16.2 Å². The van der Waals surface area contributed by atoms with Crippen molar-refractivity contribution in [1.29, 1.82) is 0 Å². The molecule has 1 aromatic heterocycles. The summed E-state index contributed by atoms with van der Waals surface area (Å²) in [5.74, 6) is 0.950. The second-order valence-electron chi connectivity index (χ2n) is 7.63. The van der Waals surface area contributed by atoms with Gasteiger partial charge in [-0.3, -0.25) is 19.1 Å². The molecule has 0 unspecified atom stereocenters. The number of hydrogen-bond acceptors (Lipinski definition) is 5. The molecule has 0 atom stereocenters. The van der Waals surface area contributed by atoms with Gasteiger partial charge in [-0.2, -0.15) is 0 Å². The molecule has 1 fully saturated rings. The molecule has 0 bridgehead atoms. The molecule has 7 heteroatoms. The van der Waals surface area contributed by atoms with E-state index >= 15 is 0 Å². The van der Waals surface area contributed by atoms with Gasteiger partial charge in [-0.15, -0.1) is 0 Å². The number of nitrogens with two attached hydrogens (primary N) is 1. The molecular formula is C23H26N4O2S. The van der Waals surface area contributed by atoms with Crippen molar-refractivity contribution < 1.29 is 5.11 Å². The standard InChI is InChI=1S/C23H26N4O2S/c24-21(25-15-16-8-3-1-4-9-16)20-22(29)26-30-23(20)27(17-10-5-2-6-11-17)18-12-7-13-19(28)14-18/h2,5-7,10-14,16,28H,1,3-4,8-9,15H2,(H2,24,25)(H,26,29). The number of H-pyrrole nitrogens is 1. The fourth-order valence-corrected chi connectivity index (χ4v) is 4.84. The van der Waals surface area contributed by atoms with Crippen molar-refractivity contribution in [1.82, 2.24) is 4.37 Å². The zero-order valence-corrected chi connectivity index (χ0v) is 17.6. The maximum absolute atomic E-state index is 12.7. The Morgan fingerprint density at radius 2 is 1.83 bits per heavy atom. The molecule has 2 aromatic carbocycles. The number of nitrogens with zero attached hydrogens (tertiary/aromatic N) is 2. The van der Waals surface area contributed by atoms with Crippen molar-refractivity contribution in [2.75, 3.05) is 11.4 Å². The Kier molecular flexibility index (Phi) is 6.18. The SMILES string of the molecule is NC(=NCC1CCCCC1)c1c(N(c2ccccc2)c2cccc(O)c2)s[nH]c1=O. The minimum absolute atomic E-state index is 0.150. The van der Waals surface area contributed by atoms with Gasteiger partial charge in [-0.25, -0.2) is 0 Å². The molecule has 0 radical (unpaired) electrons. The van der Waals surface area contributed by atoms with Gasteiger partial charge in [0.2, 0.25) is 0 Å². The average molecular weight is 423 g/mol. The number of para-hydroxylation sites is 1. The zero-order valence-electron chi connectivity index (χ0n) is 16.8. The lowest BCUT2D eigenvalue weighted by molar-refractivity contribution is 0.367. The number of benzene rings is 2. The largest absolute Gasteiger partial charge is 0.508 e. The van der Waals surface area contributed by atoms with Crippen molar-refractivity contribution in [2.45, 2.75) is 32.1 Å². The second kappa shape index (κ2) is 9.17. The molecule has 156 valence electrons. The van der Waals surface area contributed by atoms with Crippen molar-refractivity contribution in [2.24, 2.45) is 16.6 Å². The van der Waals surface area contributed by atoms with Crippen molar-refractivity contribution in [3.05, 3.63) is 70.5 Å². The highest BCUT2D eigenvalue weighted by atomic mass is 32.1. The van der Waals surface area contributed by atoms with Gasteiger partial charge < -0.3 is 10.8 Å². The third kappa shape index (κ3) is 4.41. The summed E-state index contributed by atoms with van der Waals surface area (Å²) in [6.07, 6.45) is 6.11. The van der Waals surface area contributed by atoms with Gasteiger partial charge in [0.1, 0.15) is 22.1 Å². The Morgan fingerprint density at radius 3 is 2.57 bits per heavy atom. The molecule has 4 N–H and O–H groups in total. The molecule has 6 nitrogen and oxygen atoms in total. The number of hydrogen-bond donors (Lipinski definition) is 3. The molecule has 0 aliphatic heterocycles. The van der Waals surface area contributed by atoms with E-state index in [4.69, 9.17) is 5.73 Å². The van der Waals surface area contributed by atoms with Gasteiger partial charge in [0.25, 0.3) is 5.56 Å². The van der Waals surface area contributed by atoms with Crippen LogP contribution in [0.15, 0.2) is 64.4 Å². The molecular weight excluding hydrogens is 396 g/mol. The Labute approximate surface area is 179 Å². The number of aromatic nitrogens is 1. The van der Waals surface area contributed by atoms with Crippen LogP contribution >= 0.6 is 11.5 Å². The first-order chi connectivity index (χ1) is 14.6. The van der Waals surface area contributed by atoms with Crippen LogP contribution in [0, 0.1) is 5.92 Å². The average Bonchev–Trinajstić information content (AvgIpc) is 3.15. The summed E-state index contributed by atoms with van der Waals surface area (Å²) >= 11 is 1.22. The van der Waals surface area contributed by atoms with E-state index in [-0.39, 0.29) is 17.1 Å².